The van der Waals surface area contributed by atoms with Crippen molar-refractivity contribution in [2.45, 2.75) is 33.1 Å². The van der Waals surface area contributed by atoms with Gasteiger partial charge < -0.3 is 10.2 Å². The smallest absolute Gasteiger partial charge is 0.0684 e. The Morgan fingerprint density at radius 3 is 2.42 bits per heavy atom. The highest BCUT2D eigenvalue weighted by molar-refractivity contribution is 5.55. The zero-order valence-corrected chi connectivity index (χ0v) is 11.9. The molecule has 0 saturated carbocycles. The third-order valence-corrected chi connectivity index (χ3v) is 3.72. The zero-order valence-electron chi connectivity index (χ0n) is 11.9. The maximum atomic E-state index is 8.97. The monoisotopic (exact) mass is 257 g/mol. The maximum Gasteiger partial charge on any atom is 0.0684 e. The van der Waals surface area contributed by atoms with Crippen LogP contribution in [0.4, 0.5) is 11.4 Å². The lowest BCUT2D eigenvalue weighted by Gasteiger charge is -2.19. The first-order valence-electron chi connectivity index (χ1n) is 7.11. The topological polar surface area (TPSA) is 39.1 Å². The highest BCUT2D eigenvalue weighted by Gasteiger charge is 2.15. The standard InChI is InChI=1S/C16H23N3/c1-16(2,13-17)9-10-18-14-5-7-15(8-6-14)19-11-3-4-12-19/h5-8,18H,3-4,9-12H2,1-2H3. The average Bonchev–Trinajstić information content (AvgIpc) is 2.93. The van der Waals surface area contributed by atoms with E-state index in [-0.39, 0.29) is 5.41 Å². The van der Waals surface area contributed by atoms with Crippen LogP contribution < -0.4 is 10.2 Å². The van der Waals surface area contributed by atoms with Crippen molar-refractivity contribution in [3.63, 3.8) is 0 Å². The van der Waals surface area contributed by atoms with Crippen molar-refractivity contribution in [2.24, 2.45) is 5.41 Å². The highest BCUT2D eigenvalue weighted by Crippen LogP contribution is 2.23. The van der Waals surface area contributed by atoms with Crippen molar-refractivity contribution in [1.82, 2.24) is 0 Å². The quantitative estimate of drug-likeness (QED) is 0.875. The second-order valence-electron chi connectivity index (χ2n) is 5.91. The number of nitriles is 1. The van der Waals surface area contributed by atoms with Gasteiger partial charge in [-0.25, -0.2) is 0 Å². The van der Waals surface area contributed by atoms with Crippen LogP contribution in [0.5, 0.6) is 0 Å². The van der Waals surface area contributed by atoms with Gasteiger partial charge in [-0.15, -0.1) is 0 Å². The lowest BCUT2D eigenvalue weighted by atomic mass is 9.91. The van der Waals surface area contributed by atoms with Gasteiger partial charge in [0.25, 0.3) is 0 Å². The van der Waals surface area contributed by atoms with Gasteiger partial charge in [0.1, 0.15) is 0 Å². The molecule has 3 heteroatoms. The summed E-state index contributed by atoms with van der Waals surface area (Å²) in [5.41, 5.74) is 2.21. The first kappa shape index (κ1) is 13.7. The molecule has 3 nitrogen and oxygen atoms in total. The molecule has 1 aromatic rings. The minimum atomic E-state index is -0.248. The summed E-state index contributed by atoms with van der Waals surface area (Å²) in [6.07, 6.45) is 3.48. The van der Waals surface area contributed by atoms with Crippen LogP contribution in [0.2, 0.25) is 0 Å². The Balaban J connectivity index is 1.84. The molecule has 0 aliphatic carbocycles. The second kappa shape index (κ2) is 5.97. The van der Waals surface area contributed by atoms with Crippen molar-refractivity contribution in [3.8, 4) is 6.07 Å². The summed E-state index contributed by atoms with van der Waals surface area (Å²) in [4.78, 5) is 2.43. The van der Waals surface area contributed by atoms with E-state index in [9.17, 15) is 0 Å². The third-order valence-electron chi connectivity index (χ3n) is 3.72. The first-order chi connectivity index (χ1) is 9.11. The van der Waals surface area contributed by atoms with Crippen molar-refractivity contribution < 1.29 is 0 Å². The zero-order chi connectivity index (χ0) is 13.7. The average molecular weight is 257 g/mol. The molecule has 102 valence electrons. The SMILES string of the molecule is CC(C)(C#N)CCNc1ccc(N2CCCC2)cc1. The molecule has 1 aliphatic rings. The molecule has 19 heavy (non-hydrogen) atoms. The molecule has 0 spiro atoms. The van der Waals surface area contributed by atoms with E-state index >= 15 is 0 Å². The van der Waals surface area contributed by atoms with Crippen molar-refractivity contribution in [3.05, 3.63) is 24.3 Å². The lowest BCUT2D eigenvalue weighted by molar-refractivity contribution is 0.466. The lowest BCUT2D eigenvalue weighted by Crippen LogP contribution is -2.17. The van der Waals surface area contributed by atoms with Crippen LogP contribution in [0.3, 0.4) is 0 Å². The molecule has 1 aliphatic heterocycles. The molecule has 0 aromatic heterocycles. The van der Waals surface area contributed by atoms with Gasteiger partial charge in [-0.2, -0.15) is 5.26 Å². The minimum absolute atomic E-state index is 0.248. The number of nitrogens with zero attached hydrogens (tertiary/aromatic N) is 2. The van der Waals surface area contributed by atoms with E-state index in [4.69, 9.17) is 5.26 Å². The van der Waals surface area contributed by atoms with E-state index < -0.39 is 0 Å². The molecular formula is C16H23N3. The van der Waals surface area contributed by atoms with Crippen LogP contribution in [0, 0.1) is 16.7 Å². The molecule has 0 bridgehead atoms. The molecule has 1 heterocycles. The molecule has 1 aromatic carbocycles. The summed E-state index contributed by atoms with van der Waals surface area (Å²) in [7, 11) is 0. The summed E-state index contributed by atoms with van der Waals surface area (Å²) in [6.45, 7) is 7.16. The van der Waals surface area contributed by atoms with E-state index in [1.165, 1.54) is 31.6 Å². The summed E-state index contributed by atoms with van der Waals surface area (Å²) in [5, 5.41) is 12.3. The number of hydrogen-bond donors (Lipinski definition) is 1. The van der Waals surface area contributed by atoms with Crippen LogP contribution in [0.25, 0.3) is 0 Å². The van der Waals surface area contributed by atoms with Gasteiger partial charge in [0.05, 0.1) is 11.5 Å². The number of anilines is 2. The first-order valence-corrected chi connectivity index (χ1v) is 7.11. The highest BCUT2D eigenvalue weighted by atomic mass is 15.1. The van der Waals surface area contributed by atoms with Gasteiger partial charge in [0.15, 0.2) is 0 Å². The van der Waals surface area contributed by atoms with E-state index in [2.05, 4.69) is 40.6 Å². The predicted octanol–water partition coefficient (Wildman–Crippen LogP) is 3.64. The Hall–Kier alpha value is -1.69. The van der Waals surface area contributed by atoms with Gasteiger partial charge in [0.2, 0.25) is 0 Å². The third kappa shape index (κ3) is 3.89. The second-order valence-corrected chi connectivity index (χ2v) is 5.91. The van der Waals surface area contributed by atoms with Crippen LogP contribution in [-0.4, -0.2) is 19.6 Å². The van der Waals surface area contributed by atoms with Gasteiger partial charge >= 0.3 is 0 Å². The molecular weight excluding hydrogens is 234 g/mol. The molecule has 1 N–H and O–H groups in total. The minimum Gasteiger partial charge on any atom is -0.385 e. The van der Waals surface area contributed by atoms with Crippen LogP contribution in [0.15, 0.2) is 24.3 Å². The summed E-state index contributed by atoms with van der Waals surface area (Å²) in [5.74, 6) is 0. The number of benzene rings is 1. The Kier molecular flexibility index (Phi) is 4.31. The molecule has 0 unspecified atom stereocenters. The van der Waals surface area contributed by atoms with Crippen LogP contribution >= 0.6 is 0 Å². The van der Waals surface area contributed by atoms with Crippen molar-refractivity contribution in [2.75, 3.05) is 29.9 Å². The van der Waals surface area contributed by atoms with Crippen LogP contribution in [0.1, 0.15) is 33.1 Å². The number of rotatable bonds is 5. The molecule has 0 amide bonds. The van der Waals surface area contributed by atoms with Crippen LogP contribution in [-0.2, 0) is 0 Å². The molecule has 0 atom stereocenters. The van der Waals surface area contributed by atoms with E-state index in [1.807, 2.05) is 13.8 Å². The fraction of sp³-hybridized carbons (Fsp3) is 0.562. The van der Waals surface area contributed by atoms with Gasteiger partial charge in [-0.1, -0.05) is 0 Å². The fourth-order valence-corrected chi connectivity index (χ4v) is 2.34. The largest absolute Gasteiger partial charge is 0.385 e. The Morgan fingerprint density at radius 2 is 1.84 bits per heavy atom. The molecule has 0 radical (unpaired) electrons. The summed E-state index contributed by atoms with van der Waals surface area (Å²) in [6, 6.07) is 11.0. The summed E-state index contributed by atoms with van der Waals surface area (Å²) >= 11 is 0. The predicted molar refractivity (Wildman–Crippen MR) is 80.4 cm³/mol. The molecule has 1 saturated heterocycles. The fourth-order valence-electron chi connectivity index (χ4n) is 2.34. The molecule has 1 fully saturated rings. The van der Waals surface area contributed by atoms with E-state index in [0.29, 0.717) is 0 Å². The van der Waals surface area contributed by atoms with Gasteiger partial charge in [-0.05, 0) is 57.4 Å². The van der Waals surface area contributed by atoms with E-state index in [1.54, 1.807) is 0 Å². The van der Waals surface area contributed by atoms with Crippen molar-refractivity contribution in [1.29, 1.82) is 5.26 Å². The Labute approximate surface area is 116 Å². The number of hydrogen-bond acceptors (Lipinski definition) is 3. The number of nitrogens with one attached hydrogen (secondary N) is 1. The normalized spacial score (nSPS) is 15.3. The Bertz CT molecular complexity index is 436. The summed E-state index contributed by atoms with van der Waals surface area (Å²) < 4.78 is 0. The van der Waals surface area contributed by atoms with E-state index in [0.717, 1.165) is 18.7 Å². The maximum absolute atomic E-state index is 8.97. The molecule has 2 rings (SSSR count). The van der Waals surface area contributed by atoms with Gasteiger partial charge in [-0.3, -0.25) is 0 Å². The van der Waals surface area contributed by atoms with Crippen molar-refractivity contribution >= 4 is 11.4 Å². The Morgan fingerprint density at radius 1 is 1.21 bits per heavy atom. The van der Waals surface area contributed by atoms with Gasteiger partial charge in [0, 0.05) is 31.0 Å².